The van der Waals surface area contributed by atoms with Crippen LogP contribution in [-0.4, -0.2) is 38.7 Å². The highest BCUT2D eigenvalue weighted by Gasteiger charge is 2.31. The van der Waals surface area contributed by atoms with E-state index in [1.807, 2.05) is 29.5 Å². The van der Waals surface area contributed by atoms with Crippen molar-refractivity contribution in [2.45, 2.75) is 51.8 Å². The molecule has 1 saturated carbocycles. The Balaban J connectivity index is 1.32. The van der Waals surface area contributed by atoms with E-state index >= 15 is 0 Å². The molecule has 6 nitrogen and oxygen atoms in total. The second-order valence-electron chi connectivity index (χ2n) is 7.04. The molecular weight excluding hydrogens is 336 g/mol. The predicted molar refractivity (Wildman–Crippen MR) is 95.1 cm³/mol. The first-order valence-electron chi connectivity index (χ1n) is 8.98. The maximum atomic E-state index is 12.5. The summed E-state index contributed by atoms with van der Waals surface area (Å²) < 4.78 is 7.86. The van der Waals surface area contributed by atoms with Gasteiger partial charge in [0.25, 0.3) is 0 Å². The van der Waals surface area contributed by atoms with E-state index in [9.17, 15) is 4.79 Å². The number of aryl methyl sites for hydroxylation is 1. The van der Waals surface area contributed by atoms with Gasteiger partial charge in [-0.1, -0.05) is 0 Å². The number of rotatable bonds is 7. The molecule has 2 aliphatic rings. The van der Waals surface area contributed by atoms with Crippen LogP contribution in [0.2, 0.25) is 0 Å². The molecule has 1 atom stereocenters. The molecule has 1 fully saturated rings. The van der Waals surface area contributed by atoms with Gasteiger partial charge < -0.3 is 9.64 Å². The molecular formula is C18H24N4O2S. The van der Waals surface area contributed by atoms with Crippen LogP contribution < -0.4 is 0 Å². The van der Waals surface area contributed by atoms with Crippen molar-refractivity contribution in [2.24, 2.45) is 5.92 Å². The van der Waals surface area contributed by atoms with Crippen molar-refractivity contribution in [3.05, 3.63) is 34.0 Å². The number of thiazole rings is 1. The van der Waals surface area contributed by atoms with Crippen LogP contribution in [0.4, 0.5) is 0 Å². The van der Waals surface area contributed by atoms with Crippen molar-refractivity contribution in [3.8, 4) is 0 Å². The van der Waals surface area contributed by atoms with Crippen LogP contribution in [0.15, 0.2) is 17.6 Å². The van der Waals surface area contributed by atoms with Crippen LogP contribution in [0.25, 0.3) is 0 Å². The number of nitrogens with zero attached hydrogens (tertiary/aromatic N) is 4. The fourth-order valence-corrected chi connectivity index (χ4v) is 3.96. The van der Waals surface area contributed by atoms with Gasteiger partial charge in [-0.15, -0.1) is 11.3 Å². The summed E-state index contributed by atoms with van der Waals surface area (Å²) in [6.07, 6.45) is 5.82. The number of carbonyl (C=O) groups is 1. The van der Waals surface area contributed by atoms with Crippen molar-refractivity contribution in [3.63, 3.8) is 0 Å². The second kappa shape index (κ2) is 7.25. The summed E-state index contributed by atoms with van der Waals surface area (Å²) in [7, 11) is 0. The van der Waals surface area contributed by atoms with Gasteiger partial charge in [-0.3, -0.25) is 9.48 Å². The zero-order chi connectivity index (χ0) is 17.2. The van der Waals surface area contributed by atoms with E-state index in [4.69, 9.17) is 4.74 Å². The van der Waals surface area contributed by atoms with Gasteiger partial charge in [0.1, 0.15) is 0 Å². The molecule has 1 aliphatic carbocycles. The van der Waals surface area contributed by atoms with E-state index < -0.39 is 0 Å². The summed E-state index contributed by atoms with van der Waals surface area (Å²) in [5.41, 5.74) is 2.11. The predicted octanol–water partition coefficient (Wildman–Crippen LogP) is 2.94. The second-order valence-corrected chi connectivity index (χ2v) is 8.10. The van der Waals surface area contributed by atoms with E-state index in [1.165, 1.54) is 12.8 Å². The first-order valence-corrected chi connectivity index (χ1v) is 9.86. The van der Waals surface area contributed by atoms with E-state index in [0.29, 0.717) is 38.0 Å². The van der Waals surface area contributed by atoms with Gasteiger partial charge in [0.2, 0.25) is 5.91 Å². The monoisotopic (exact) mass is 360 g/mol. The summed E-state index contributed by atoms with van der Waals surface area (Å²) in [6.45, 7) is 4.61. The molecule has 1 amide bonds. The molecule has 2 aromatic heterocycles. The minimum atomic E-state index is 0.194. The molecule has 3 heterocycles. The summed E-state index contributed by atoms with van der Waals surface area (Å²) >= 11 is 1.65. The lowest BCUT2D eigenvalue weighted by molar-refractivity contribution is -0.133. The van der Waals surface area contributed by atoms with Crippen LogP contribution in [0.5, 0.6) is 0 Å². The minimum absolute atomic E-state index is 0.194. The molecule has 0 saturated heterocycles. The molecule has 0 aromatic carbocycles. The van der Waals surface area contributed by atoms with Crippen molar-refractivity contribution >= 4 is 17.2 Å². The standard InChI is InChI=1S/C18H24N4O2S/c1-13-20-15(12-25-13)11-24-7-5-17-10-21(18(23)8-14-2-3-14)9-16-4-6-19-22(16)17/h4,6,12,14,17H,2-3,5,7-11H2,1H3. The highest BCUT2D eigenvalue weighted by molar-refractivity contribution is 7.09. The Hall–Kier alpha value is -1.73. The lowest BCUT2D eigenvalue weighted by Crippen LogP contribution is -2.41. The molecule has 0 bridgehead atoms. The van der Waals surface area contributed by atoms with Crippen LogP contribution in [-0.2, 0) is 22.7 Å². The lowest BCUT2D eigenvalue weighted by Gasteiger charge is -2.34. The molecule has 134 valence electrons. The molecule has 25 heavy (non-hydrogen) atoms. The van der Waals surface area contributed by atoms with E-state index in [-0.39, 0.29) is 6.04 Å². The van der Waals surface area contributed by atoms with Gasteiger partial charge in [0.05, 0.1) is 35.6 Å². The number of aromatic nitrogens is 3. The average Bonchev–Trinajstić information content (AvgIpc) is 3.11. The quantitative estimate of drug-likeness (QED) is 0.712. The van der Waals surface area contributed by atoms with Crippen LogP contribution >= 0.6 is 11.3 Å². The van der Waals surface area contributed by atoms with Gasteiger partial charge >= 0.3 is 0 Å². The van der Waals surface area contributed by atoms with Crippen molar-refractivity contribution < 1.29 is 9.53 Å². The zero-order valence-corrected chi connectivity index (χ0v) is 15.4. The number of hydrogen-bond donors (Lipinski definition) is 0. The van der Waals surface area contributed by atoms with Crippen molar-refractivity contribution in [1.82, 2.24) is 19.7 Å². The number of ether oxygens (including phenoxy) is 1. The first kappa shape index (κ1) is 16.7. The Bertz CT molecular complexity index is 737. The third-order valence-electron chi connectivity index (χ3n) is 4.91. The third kappa shape index (κ3) is 4.10. The first-order chi connectivity index (χ1) is 12.2. The highest BCUT2D eigenvalue weighted by Crippen LogP contribution is 2.34. The normalized spacial score (nSPS) is 19.9. The van der Waals surface area contributed by atoms with Crippen molar-refractivity contribution in [1.29, 1.82) is 0 Å². The smallest absolute Gasteiger partial charge is 0.223 e. The Kier molecular flexibility index (Phi) is 4.85. The number of fused-ring (bicyclic) bond motifs is 1. The average molecular weight is 360 g/mol. The SMILES string of the molecule is Cc1nc(COCCC2CN(C(=O)CC3CC3)Cc3ccnn32)cs1. The third-order valence-corrected chi connectivity index (χ3v) is 5.73. The number of carbonyl (C=O) groups excluding carboxylic acids is 1. The maximum absolute atomic E-state index is 12.5. The molecule has 1 aliphatic heterocycles. The minimum Gasteiger partial charge on any atom is -0.375 e. The molecule has 2 aromatic rings. The zero-order valence-electron chi connectivity index (χ0n) is 14.6. The highest BCUT2D eigenvalue weighted by atomic mass is 32.1. The Morgan fingerprint density at radius 1 is 1.44 bits per heavy atom. The summed E-state index contributed by atoms with van der Waals surface area (Å²) in [5, 5.41) is 7.57. The van der Waals surface area contributed by atoms with Crippen molar-refractivity contribution in [2.75, 3.05) is 13.2 Å². The maximum Gasteiger partial charge on any atom is 0.223 e. The van der Waals surface area contributed by atoms with Crippen LogP contribution in [0, 0.1) is 12.8 Å². The van der Waals surface area contributed by atoms with Gasteiger partial charge in [-0.05, 0) is 38.2 Å². The van der Waals surface area contributed by atoms with Gasteiger partial charge in [-0.25, -0.2) is 4.98 Å². The summed E-state index contributed by atoms with van der Waals surface area (Å²) in [6, 6.07) is 2.21. The fourth-order valence-electron chi connectivity index (χ4n) is 3.36. The summed E-state index contributed by atoms with van der Waals surface area (Å²) in [4.78, 5) is 18.9. The largest absolute Gasteiger partial charge is 0.375 e. The molecule has 4 rings (SSSR count). The lowest BCUT2D eigenvalue weighted by atomic mass is 10.1. The molecule has 0 spiro atoms. The van der Waals surface area contributed by atoms with Gasteiger partial charge in [-0.2, -0.15) is 5.10 Å². The Morgan fingerprint density at radius 3 is 3.08 bits per heavy atom. The Labute approximate surface area is 151 Å². The molecule has 1 unspecified atom stereocenters. The van der Waals surface area contributed by atoms with Gasteiger partial charge in [0.15, 0.2) is 0 Å². The molecule has 7 heteroatoms. The van der Waals surface area contributed by atoms with Gasteiger partial charge in [0, 0.05) is 31.1 Å². The number of amides is 1. The van der Waals surface area contributed by atoms with E-state index in [2.05, 4.69) is 14.8 Å². The van der Waals surface area contributed by atoms with Crippen LogP contribution in [0.3, 0.4) is 0 Å². The van der Waals surface area contributed by atoms with E-state index in [0.717, 1.165) is 29.4 Å². The summed E-state index contributed by atoms with van der Waals surface area (Å²) in [5.74, 6) is 0.918. The fraction of sp³-hybridized carbons (Fsp3) is 0.611. The van der Waals surface area contributed by atoms with Crippen LogP contribution in [0.1, 0.15) is 48.1 Å². The molecule has 0 N–H and O–H groups in total. The van der Waals surface area contributed by atoms with E-state index in [1.54, 1.807) is 11.3 Å². The Morgan fingerprint density at radius 2 is 2.32 bits per heavy atom. The number of hydrogen-bond acceptors (Lipinski definition) is 5. The molecule has 0 radical (unpaired) electrons. The topological polar surface area (TPSA) is 60.2 Å².